The molecule has 0 radical (unpaired) electrons. The van der Waals surface area contributed by atoms with Gasteiger partial charge in [-0.1, -0.05) is 42.5 Å². The largest absolute Gasteiger partial charge is 0.493 e. The number of nitrogens with zero attached hydrogens (tertiary/aromatic N) is 3. The number of rotatable bonds is 7. The molecule has 1 aliphatic rings. The molecule has 0 spiro atoms. The zero-order valence-electron chi connectivity index (χ0n) is 19.2. The molecular formula is C28H29N3O2. The van der Waals surface area contributed by atoms with E-state index in [1.54, 1.807) is 0 Å². The highest BCUT2D eigenvalue weighted by Gasteiger charge is 2.34. The summed E-state index contributed by atoms with van der Waals surface area (Å²) in [6.45, 7) is 6.25. The Kier molecular flexibility index (Phi) is 5.86. The lowest BCUT2D eigenvalue weighted by molar-refractivity contribution is -0.117. The monoisotopic (exact) mass is 439 g/mol. The SMILES string of the molecule is Cc1ccc(C)c(OCCCn2c(C3CC(=O)N(c4ccccc4)C3)nc3ccccc32)c1. The fourth-order valence-electron chi connectivity index (χ4n) is 4.65. The highest BCUT2D eigenvalue weighted by atomic mass is 16.5. The first-order valence-corrected chi connectivity index (χ1v) is 11.6. The van der Waals surface area contributed by atoms with E-state index >= 15 is 0 Å². The molecule has 1 saturated heterocycles. The van der Waals surface area contributed by atoms with Crippen molar-refractivity contribution in [1.29, 1.82) is 0 Å². The molecule has 5 nitrogen and oxygen atoms in total. The van der Waals surface area contributed by atoms with Gasteiger partial charge in [0.15, 0.2) is 0 Å². The molecule has 0 N–H and O–H groups in total. The van der Waals surface area contributed by atoms with E-state index in [-0.39, 0.29) is 11.8 Å². The van der Waals surface area contributed by atoms with E-state index in [9.17, 15) is 4.79 Å². The summed E-state index contributed by atoms with van der Waals surface area (Å²) in [6, 6.07) is 24.4. The average Bonchev–Trinajstić information content (AvgIpc) is 3.40. The Labute approximate surface area is 194 Å². The molecule has 0 aliphatic carbocycles. The van der Waals surface area contributed by atoms with Gasteiger partial charge in [0.1, 0.15) is 11.6 Å². The van der Waals surface area contributed by atoms with Crippen molar-refractivity contribution in [3.05, 3.63) is 89.7 Å². The summed E-state index contributed by atoms with van der Waals surface area (Å²) < 4.78 is 8.38. The number of ether oxygens (including phenoxy) is 1. The second-order valence-electron chi connectivity index (χ2n) is 8.82. The van der Waals surface area contributed by atoms with Crippen molar-refractivity contribution in [2.75, 3.05) is 18.1 Å². The minimum absolute atomic E-state index is 0.0741. The summed E-state index contributed by atoms with van der Waals surface area (Å²) in [5.74, 6) is 2.17. The molecule has 1 amide bonds. The van der Waals surface area contributed by atoms with Crippen LogP contribution in [0.25, 0.3) is 11.0 Å². The maximum absolute atomic E-state index is 12.8. The van der Waals surface area contributed by atoms with Gasteiger partial charge in [0.2, 0.25) is 5.91 Å². The minimum Gasteiger partial charge on any atom is -0.493 e. The summed E-state index contributed by atoms with van der Waals surface area (Å²) >= 11 is 0. The molecule has 5 heteroatoms. The van der Waals surface area contributed by atoms with Crippen molar-refractivity contribution < 1.29 is 9.53 Å². The highest BCUT2D eigenvalue weighted by molar-refractivity contribution is 5.96. The van der Waals surface area contributed by atoms with E-state index in [1.165, 1.54) is 5.56 Å². The third-order valence-corrected chi connectivity index (χ3v) is 6.37. The number of imidazole rings is 1. The predicted molar refractivity (Wildman–Crippen MR) is 132 cm³/mol. The average molecular weight is 440 g/mol. The smallest absolute Gasteiger partial charge is 0.227 e. The number of hydrogen-bond donors (Lipinski definition) is 0. The fourth-order valence-corrected chi connectivity index (χ4v) is 4.65. The zero-order chi connectivity index (χ0) is 22.8. The highest BCUT2D eigenvalue weighted by Crippen LogP contribution is 2.33. The van der Waals surface area contributed by atoms with Gasteiger partial charge in [0, 0.05) is 31.1 Å². The number of carbonyl (C=O) groups excluding carboxylic acids is 1. The first kappa shape index (κ1) is 21.3. The van der Waals surface area contributed by atoms with Gasteiger partial charge < -0.3 is 14.2 Å². The third kappa shape index (κ3) is 4.36. The van der Waals surface area contributed by atoms with E-state index in [1.807, 2.05) is 53.4 Å². The van der Waals surface area contributed by atoms with Crippen LogP contribution in [0.4, 0.5) is 5.69 Å². The molecule has 33 heavy (non-hydrogen) atoms. The standard InChI is InChI=1S/C28H29N3O2/c1-20-13-14-21(2)26(17-20)33-16-8-15-30-25-12-7-6-11-24(25)29-28(30)22-18-27(32)31(19-22)23-9-4-3-5-10-23/h3-7,9-14,17,22H,8,15-16,18-19H2,1-2H3. The maximum atomic E-state index is 12.8. The lowest BCUT2D eigenvalue weighted by Crippen LogP contribution is -2.24. The van der Waals surface area contributed by atoms with Crippen LogP contribution in [-0.2, 0) is 11.3 Å². The zero-order valence-corrected chi connectivity index (χ0v) is 19.2. The second-order valence-corrected chi connectivity index (χ2v) is 8.82. The van der Waals surface area contributed by atoms with Crippen LogP contribution in [0.3, 0.4) is 0 Å². The van der Waals surface area contributed by atoms with E-state index in [2.05, 4.69) is 42.7 Å². The van der Waals surface area contributed by atoms with Crippen molar-refractivity contribution in [1.82, 2.24) is 9.55 Å². The van der Waals surface area contributed by atoms with E-state index < -0.39 is 0 Å². The van der Waals surface area contributed by atoms with Crippen LogP contribution >= 0.6 is 0 Å². The molecule has 4 aromatic rings. The molecular weight excluding hydrogens is 410 g/mol. The summed E-state index contributed by atoms with van der Waals surface area (Å²) in [5.41, 5.74) is 5.40. The second kappa shape index (κ2) is 9.10. The lowest BCUT2D eigenvalue weighted by atomic mass is 10.1. The Morgan fingerprint density at radius 1 is 1.00 bits per heavy atom. The Hall–Kier alpha value is -3.60. The van der Waals surface area contributed by atoms with Crippen LogP contribution in [0.15, 0.2) is 72.8 Å². The maximum Gasteiger partial charge on any atom is 0.227 e. The van der Waals surface area contributed by atoms with Gasteiger partial charge in [0.05, 0.1) is 17.6 Å². The van der Waals surface area contributed by atoms with Gasteiger partial charge in [-0.15, -0.1) is 0 Å². The van der Waals surface area contributed by atoms with Crippen LogP contribution in [0.5, 0.6) is 5.75 Å². The van der Waals surface area contributed by atoms with E-state index in [0.29, 0.717) is 19.6 Å². The van der Waals surface area contributed by atoms with Crippen molar-refractivity contribution in [3.8, 4) is 5.75 Å². The Morgan fingerprint density at radius 2 is 1.79 bits per heavy atom. The van der Waals surface area contributed by atoms with Gasteiger partial charge in [-0.25, -0.2) is 4.98 Å². The van der Waals surface area contributed by atoms with Gasteiger partial charge >= 0.3 is 0 Å². The topological polar surface area (TPSA) is 47.4 Å². The van der Waals surface area contributed by atoms with Gasteiger partial charge in [-0.05, 0) is 61.7 Å². The van der Waals surface area contributed by atoms with E-state index in [0.717, 1.165) is 46.8 Å². The van der Waals surface area contributed by atoms with Crippen molar-refractivity contribution in [2.24, 2.45) is 0 Å². The molecule has 0 bridgehead atoms. The fraction of sp³-hybridized carbons (Fsp3) is 0.286. The molecule has 1 aromatic heterocycles. The number of anilines is 1. The Morgan fingerprint density at radius 3 is 2.64 bits per heavy atom. The molecule has 3 aromatic carbocycles. The molecule has 5 rings (SSSR count). The van der Waals surface area contributed by atoms with Crippen LogP contribution < -0.4 is 9.64 Å². The molecule has 1 aliphatic heterocycles. The molecule has 0 saturated carbocycles. The lowest BCUT2D eigenvalue weighted by Gasteiger charge is -2.17. The van der Waals surface area contributed by atoms with Crippen molar-refractivity contribution in [3.63, 3.8) is 0 Å². The van der Waals surface area contributed by atoms with Crippen molar-refractivity contribution in [2.45, 2.75) is 39.2 Å². The van der Waals surface area contributed by atoms with Crippen LogP contribution in [0, 0.1) is 13.8 Å². The minimum atomic E-state index is 0.0741. The van der Waals surface area contributed by atoms with Gasteiger partial charge in [-0.3, -0.25) is 4.79 Å². The number of para-hydroxylation sites is 3. The number of amides is 1. The number of aryl methyl sites for hydroxylation is 3. The predicted octanol–water partition coefficient (Wildman–Crippen LogP) is 5.64. The number of carbonyl (C=O) groups is 1. The first-order chi connectivity index (χ1) is 16.1. The first-order valence-electron chi connectivity index (χ1n) is 11.6. The van der Waals surface area contributed by atoms with E-state index in [4.69, 9.17) is 9.72 Å². The molecule has 2 heterocycles. The molecule has 168 valence electrons. The summed E-state index contributed by atoms with van der Waals surface area (Å²) in [4.78, 5) is 19.7. The summed E-state index contributed by atoms with van der Waals surface area (Å²) in [6.07, 6.45) is 1.35. The van der Waals surface area contributed by atoms with Crippen molar-refractivity contribution >= 4 is 22.6 Å². The number of aromatic nitrogens is 2. The van der Waals surface area contributed by atoms with Crippen LogP contribution in [0.1, 0.15) is 35.7 Å². The number of hydrogen-bond acceptors (Lipinski definition) is 3. The molecule has 1 unspecified atom stereocenters. The van der Waals surface area contributed by atoms with Gasteiger partial charge in [-0.2, -0.15) is 0 Å². The Bertz CT molecular complexity index is 1280. The number of benzene rings is 3. The normalized spacial score (nSPS) is 16.0. The molecule has 1 atom stereocenters. The third-order valence-electron chi connectivity index (χ3n) is 6.37. The number of fused-ring (bicyclic) bond motifs is 1. The summed E-state index contributed by atoms with van der Waals surface area (Å²) in [7, 11) is 0. The quantitative estimate of drug-likeness (QED) is 0.350. The summed E-state index contributed by atoms with van der Waals surface area (Å²) in [5, 5.41) is 0. The molecule has 1 fully saturated rings. The Balaban J connectivity index is 1.34. The van der Waals surface area contributed by atoms with Gasteiger partial charge in [0.25, 0.3) is 0 Å². The van der Waals surface area contributed by atoms with Crippen LogP contribution in [-0.4, -0.2) is 28.6 Å². The van der Waals surface area contributed by atoms with Crippen LogP contribution in [0.2, 0.25) is 0 Å².